The van der Waals surface area contributed by atoms with Crippen LogP contribution in [0.1, 0.15) is 26.4 Å². The SMILES string of the molecule is CNC(=O)c1ccc(Cl)c(NC(=O)c2cn(-c3cccc(C)c3)nn2)c1. The van der Waals surface area contributed by atoms with Crippen molar-refractivity contribution in [3.8, 4) is 5.69 Å². The van der Waals surface area contributed by atoms with Crippen LogP contribution in [0.3, 0.4) is 0 Å². The summed E-state index contributed by atoms with van der Waals surface area (Å²) in [6.45, 7) is 1.97. The molecule has 0 radical (unpaired) electrons. The number of amides is 2. The van der Waals surface area contributed by atoms with Gasteiger partial charge >= 0.3 is 0 Å². The van der Waals surface area contributed by atoms with Gasteiger partial charge in [0, 0.05) is 12.6 Å². The Bertz CT molecular complexity index is 983. The van der Waals surface area contributed by atoms with E-state index in [1.54, 1.807) is 12.1 Å². The molecule has 0 atom stereocenters. The van der Waals surface area contributed by atoms with Gasteiger partial charge < -0.3 is 10.6 Å². The topological polar surface area (TPSA) is 88.9 Å². The summed E-state index contributed by atoms with van der Waals surface area (Å²) < 4.78 is 1.52. The minimum absolute atomic E-state index is 0.132. The number of nitrogens with zero attached hydrogens (tertiary/aromatic N) is 3. The van der Waals surface area contributed by atoms with Crippen LogP contribution in [0.4, 0.5) is 5.69 Å². The van der Waals surface area contributed by atoms with Crippen molar-refractivity contribution < 1.29 is 9.59 Å². The zero-order chi connectivity index (χ0) is 18.7. The van der Waals surface area contributed by atoms with Gasteiger partial charge in [-0.15, -0.1) is 5.10 Å². The average molecular weight is 370 g/mol. The molecule has 8 heteroatoms. The fourth-order valence-corrected chi connectivity index (χ4v) is 2.52. The average Bonchev–Trinajstić information content (AvgIpc) is 3.13. The van der Waals surface area contributed by atoms with Crippen LogP contribution in [0.15, 0.2) is 48.7 Å². The van der Waals surface area contributed by atoms with Crippen LogP contribution >= 0.6 is 11.6 Å². The highest BCUT2D eigenvalue weighted by Crippen LogP contribution is 2.23. The predicted octanol–water partition coefficient (Wildman–Crippen LogP) is 2.84. The van der Waals surface area contributed by atoms with E-state index >= 15 is 0 Å². The maximum Gasteiger partial charge on any atom is 0.277 e. The number of hydrogen-bond acceptors (Lipinski definition) is 4. The molecule has 3 aromatic rings. The molecule has 0 saturated carbocycles. The van der Waals surface area contributed by atoms with E-state index in [4.69, 9.17) is 11.6 Å². The Morgan fingerprint density at radius 3 is 2.65 bits per heavy atom. The number of benzene rings is 2. The van der Waals surface area contributed by atoms with Gasteiger partial charge in [-0.1, -0.05) is 28.9 Å². The van der Waals surface area contributed by atoms with E-state index in [9.17, 15) is 9.59 Å². The van der Waals surface area contributed by atoms with Crippen molar-refractivity contribution in [2.45, 2.75) is 6.92 Å². The molecule has 2 N–H and O–H groups in total. The van der Waals surface area contributed by atoms with Crippen LogP contribution in [0.2, 0.25) is 5.02 Å². The molecule has 0 spiro atoms. The fraction of sp³-hybridized carbons (Fsp3) is 0.111. The van der Waals surface area contributed by atoms with Crippen molar-refractivity contribution in [2.75, 3.05) is 12.4 Å². The van der Waals surface area contributed by atoms with E-state index < -0.39 is 5.91 Å². The maximum atomic E-state index is 12.4. The lowest BCUT2D eigenvalue weighted by Crippen LogP contribution is -2.18. The lowest BCUT2D eigenvalue weighted by molar-refractivity contribution is 0.0961. The highest BCUT2D eigenvalue weighted by Gasteiger charge is 2.15. The number of anilines is 1. The van der Waals surface area contributed by atoms with Gasteiger partial charge in [-0.05, 0) is 42.8 Å². The molecule has 0 fully saturated rings. The first kappa shape index (κ1) is 17.6. The first-order valence-corrected chi connectivity index (χ1v) is 8.18. The second-order valence-electron chi connectivity index (χ2n) is 5.62. The molecular formula is C18H16ClN5O2. The maximum absolute atomic E-state index is 12.4. The van der Waals surface area contributed by atoms with E-state index in [1.807, 2.05) is 31.2 Å². The summed E-state index contributed by atoms with van der Waals surface area (Å²) in [7, 11) is 1.53. The molecule has 2 amide bonds. The van der Waals surface area contributed by atoms with Crippen molar-refractivity contribution in [1.82, 2.24) is 20.3 Å². The summed E-state index contributed by atoms with van der Waals surface area (Å²) in [6, 6.07) is 12.3. The summed E-state index contributed by atoms with van der Waals surface area (Å²) in [5.41, 5.74) is 2.71. The Balaban J connectivity index is 1.82. The zero-order valence-corrected chi connectivity index (χ0v) is 14.9. The Hall–Kier alpha value is -3.19. The van der Waals surface area contributed by atoms with Crippen molar-refractivity contribution in [3.63, 3.8) is 0 Å². The monoisotopic (exact) mass is 369 g/mol. The van der Waals surface area contributed by atoms with Gasteiger partial charge in [-0.3, -0.25) is 9.59 Å². The number of nitrogens with one attached hydrogen (secondary N) is 2. The van der Waals surface area contributed by atoms with Gasteiger partial charge in [-0.25, -0.2) is 4.68 Å². The second kappa shape index (κ2) is 7.37. The molecule has 0 bridgehead atoms. The van der Waals surface area contributed by atoms with Gasteiger partial charge in [0.2, 0.25) is 0 Å². The minimum atomic E-state index is -0.472. The van der Waals surface area contributed by atoms with Crippen LogP contribution in [-0.4, -0.2) is 33.9 Å². The summed E-state index contributed by atoms with van der Waals surface area (Å²) >= 11 is 6.11. The smallest absolute Gasteiger partial charge is 0.277 e. The molecule has 0 aliphatic carbocycles. The third-order valence-corrected chi connectivity index (χ3v) is 4.03. The van der Waals surface area contributed by atoms with E-state index in [0.29, 0.717) is 16.3 Å². The molecule has 7 nitrogen and oxygen atoms in total. The Labute approximate surface area is 155 Å². The molecule has 2 aromatic carbocycles. The van der Waals surface area contributed by atoms with Crippen LogP contribution < -0.4 is 10.6 Å². The molecule has 0 aliphatic rings. The zero-order valence-electron chi connectivity index (χ0n) is 14.2. The summed E-state index contributed by atoms with van der Waals surface area (Å²) in [4.78, 5) is 24.2. The molecule has 132 valence electrons. The van der Waals surface area contributed by atoms with Crippen molar-refractivity contribution in [1.29, 1.82) is 0 Å². The van der Waals surface area contributed by atoms with E-state index in [1.165, 1.54) is 24.0 Å². The molecule has 0 unspecified atom stereocenters. The highest BCUT2D eigenvalue weighted by atomic mass is 35.5. The van der Waals surface area contributed by atoms with Gasteiger partial charge in [-0.2, -0.15) is 0 Å². The van der Waals surface area contributed by atoms with Gasteiger partial charge in [0.25, 0.3) is 11.8 Å². The predicted molar refractivity (Wildman–Crippen MR) is 98.9 cm³/mol. The largest absolute Gasteiger partial charge is 0.355 e. The van der Waals surface area contributed by atoms with E-state index in [0.717, 1.165) is 11.3 Å². The fourth-order valence-electron chi connectivity index (χ4n) is 2.36. The first-order valence-electron chi connectivity index (χ1n) is 7.80. The Morgan fingerprint density at radius 1 is 1.12 bits per heavy atom. The third-order valence-electron chi connectivity index (χ3n) is 3.70. The van der Waals surface area contributed by atoms with Crippen molar-refractivity contribution in [3.05, 3.63) is 70.5 Å². The minimum Gasteiger partial charge on any atom is -0.355 e. The molecule has 0 aliphatic heterocycles. The molecule has 0 saturated heterocycles. The van der Waals surface area contributed by atoms with Crippen LogP contribution in [0.25, 0.3) is 5.69 Å². The standard InChI is InChI=1S/C18H16ClN5O2/c1-11-4-3-5-13(8-11)24-10-16(22-23-24)18(26)21-15-9-12(17(25)20-2)6-7-14(15)19/h3-10H,1-2H3,(H,20,25)(H,21,26). The number of aryl methyl sites for hydroxylation is 1. The van der Waals surface area contributed by atoms with Gasteiger partial charge in [0.05, 0.1) is 22.6 Å². The van der Waals surface area contributed by atoms with Crippen molar-refractivity contribution in [2.24, 2.45) is 0 Å². The summed E-state index contributed by atoms with van der Waals surface area (Å²) in [5, 5.41) is 13.4. The van der Waals surface area contributed by atoms with Gasteiger partial charge in [0.15, 0.2) is 5.69 Å². The summed E-state index contributed by atoms with van der Waals surface area (Å²) in [6.07, 6.45) is 1.53. The molecule has 1 aromatic heterocycles. The lowest BCUT2D eigenvalue weighted by Gasteiger charge is -2.08. The number of carbonyl (C=O) groups excluding carboxylic acids is 2. The quantitative estimate of drug-likeness (QED) is 0.740. The lowest BCUT2D eigenvalue weighted by atomic mass is 10.2. The molecule has 26 heavy (non-hydrogen) atoms. The normalized spacial score (nSPS) is 10.4. The van der Waals surface area contributed by atoms with E-state index in [-0.39, 0.29) is 11.6 Å². The number of hydrogen-bond donors (Lipinski definition) is 2. The molecular weight excluding hydrogens is 354 g/mol. The van der Waals surface area contributed by atoms with Crippen LogP contribution in [0.5, 0.6) is 0 Å². The number of carbonyl (C=O) groups is 2. The van der Waals surface area contributed by atoms with Gasteiger partial charge in [0.1, 0.15) is 0 Å². The van der Waals surface area contributed by atoms with Crippen LogP contribution in [0, 0.1) is 6.92 Å². The molecule has 3 rings (SSSR count). The third kappa shape index (κ3) is 3.73. The first-order chi connectivity index (χ1) is 12.5. The molecule has 1 heterocycles. The highest BCUT2D eigenvalue weighted by molar-refractivity contribution is 6.34. The second-order valence-corrected chi connectivity index (χ2v) is 6.02. The number of rotatable bonds is 4. The van der Waals surface area contributed by atoms with E-state index in [2.05, 4.69) is 20.9 Å². The van der Waals surface area contributed by atoms with Crippen molar-refractivity contribution >= 4 is 29.1 Å². The number of aromatic nitrogens is 3. The number of halogens is 1. The Kier molecular flexibility index (Phi) is 4.99. The summed E-state index contributed by atoms with van der Waals surface area (Å²) in [5.74, 6) is -0.748. The Morgan fingerprint density at radius 2 is 1.92 bits per heavy atom. The van der Waals surface area contributed by atoms with Crippen LogP contribution in [-0.2, 0) is 0 Å².